The van der Waals surface area contributed by atoms with Crippen molar-refractivity contribution in [1.29, 1.82) is 0 Å². The second-order valence-electron chi connectivity index (χ2n) is 2.89. The van der Waals surface area contributed by atoms with Gasteiger partial charge in [0.15, 0.2) is 0 Å². The monoisotopic (exact) mass is 212 g/mol. The van der Waals surface area contributed by atoms with E-state index in [1.165, 1.54) is 5.54 Å². The highest BCUT2D eigenvalue weighted by atomic mass is 35.5. The Labute approximate surface area is 88.8 Å². The largest absolute Gasteiger partial charge is 0.489 e. The Balaban J connectivity index is 2.74. The first-order valence-corrected chi connectivity index (χ1v) is 4.84. The summed E-state index contributed by atoms with van der Waals surface area (Å²) in [7, 11) is 0. The lowest BCUT2D eigenvalue weighted by molar-refractivity contribution is 0.193. The van der Waals surface area contributed by atoms with Gasteiger partial charge in [-0.05, 0) is 19.1 Å². The van der Waals surface area contributed by atoms with Gasteiger partial charge in [0.1, 0.15) is 12.4 Å². The molecule has 0 saturated heterocycles. The van der Waals surface area contributed by atoms with E-state index in [4.69, 9.17) is 16.3 Å². The number of hydrogen-bond donors (Lipinski definition) is 1. The smallest absolute Gasteiger partial charge is 0.125 e. The van der Waals surface area contributed by atoms with E-state index >= 15 is 0 Å². The molecular weight excluding hydrogens is 200 g/mol. The van der Waals surface area contributed by atoms with E-state index in [2.05, 4.69) is 0 Å². The molecule has 1 rings (SSSR count). The lowest BCUT2D eigenvalue weighted by Gasteiger charge is -2.11. The highest BCUT2D eigenvalue weighted by Crippen LogP contribution is 2.24. The maximum absolute atomic E-state index is 9.44. The minimum atomic E-state index is -0.522. The molecule has 0 spiro atoms. The maximum atomic E-state index is 9.44. The van der Waals surface area contributed by atoms with E-state index in [-0.39, 0.29) is 0 Å². The van der Waals surface area contributed by atoms with Crippen LogP contribution in [0, 0.1) is 0 Å². The number of para-hydroxylation sites is 1. The third-order valence-electron chi connectivity index (χ3n) is 1.79. The van der Waals surface area contributed by atoms with Crippen molar-refractivity contribution in [1.82, 2.24) is 0 Å². The third kappa shape index (κ3) is 3.05. The molecule has 0 aliphatic carbocycles. The molecule has 1 N–H and O–H groups in total. The lowest BCUT2D eigenvalue weighted by Crippen LogP contribution is -1.99. The molecule has 1 aromatic carbocycles. The fourth-order valence-electron chi connectivity index (χ4n) is 1.13. The van der Waals surface area contributed by atoms with Gasteiger partial charge in [-0.15, -0.1) is 0 Å². The quantitative estimate of drug-likeness (QED) is 0.832. The summed E-state index contributed by atoms with van der Waals surface area (Å²) in [6.07, 6.45) is 1.17. The molecule has 0 saturated carbocycles. The summed E-state index contributed by atoms with van der Waals surface area (Å²) in [5.74, 6) is 0.692. The van der Waals surface area contributed by atoms with Crippen molar-refractivity contribution in [3.05, 3.63) is 41.4 Å². The molecule has 0 fully saturated rings. The summed E-state index contributed by atoms with van der Waals surface area (Å²) < 4.78 is 5.41. The zero-order valence-corrected chi connectivity index (χ0v) is 8.74. The summed E-state index contributed by atoms with van der Waals surface area (Å²) >= 11 is 5.36. The van der Waals surface area contributed by atoms with Gasteiger partial charge < -0.3 is 9.84 Å². The normalized spacial score (nSPS) is 13.1. The van der Waals surface area contributed by atoms with Crippen LogP contribution in [0.25, 0.3) is 0 Å². The Morgan fingerprint density at radius 2 is 2.21 bits per heavy atom. The number of hydrogen-bond acceptors (Lipinski definition) is 2. The zero-order chi connectivity index (χ0) is 10.4. The zero-order valence-electron chi connectivity index (χ0n) is 7.98. The first-order chi connectivity index (χ1) is 6.75. The molecule has 1 aromatic rings. The van der Waals surface area contributed by atoms with E-state index < -0.39 is 6.10 Å². The predicted octanol–water partition coefficient (Wildman–Crippen LogP) is 2.87. The van der Waals surface area contributed by atoms with Crippen molar-refractivity contribution >= 4 is 11.6 Å². The van der Waals surface area contributed by atoms with Crippen LogP contribution in [0.4, 0.5) is 0 Å². The molecule has 0 heterocycles. The standard InChI is InChI=1S/C11H13ClO2/c1-9(13)10-5-2-3-6-11(10)14-8-4-7-12/h2-7,9,13H,8H2,1H3/b7-4+. The summed E-state index contributed by atoms with van der Waals surface area (Å²) in [5, 5.41) is 9.44. The molecule has 0 amide bonds. The van der Waals surface area contributed by atoms with E-state index in [1.54, 1.807) is 13.0 Å². The highest BCUT2D eigenvalue weighted by molar-refractivity contribution is 6.25. The van der Waals surface area contributed by atoms with Crippen LogP contribution in [0.2, 0.25) is 0 Å². The van der Waals surface area contributed by atoms with Gasteiger partial charge in [0.2, 0.25) is 0 Å². The SMILES string of the molecule is CC(O)c1ccccc1OC/C=C/Cl. The van der Waals surface area contributed by atoms with Gasteiger partial charge in [0, 0.05) is 11.1 Å². The number of ether oxygens (including phenoxy) is 1. The van der Waals surface area contributed by atoms with Gasteiger partial charge in [-0.2, -0.15) is 0 Å². The van der Waals surface area contributed by atoms with E-state index in [1.807, 2.05) is 24.3 Å². The Morgan fingerprint density at radius 1 is 1.50 bits per heavy atom. The van der Waals surface area contributed by atoms with Gasteiger partial charge >= 0.3 is 0 Å². The molecule has 14 heavy (non-hydrogen) atoms. The molecule has 0 radical (unpaired) electrons. The van der Waals surface area contributed by atoms with Crippen LogP contribution in [-0.2, 0) is 0 Å². The van der Waals surface area contributed by atoms with Crippen molar-refractivity contribution in [3.63, 3.8) is 0 Å². The van der Waals surface area contributed by atoms with E-state index in [0.29, 0.717) is 12.4 Å². The molecule has 0 aromatic heterocycles. The lowest BCUT2D eigenvalue weighted by atomic mass is 10.1. The van der Waals surface area contributed by atoms with E-state index in [9.17, 15) is 5.11 Å². The Kier molecular flexibility index (Phi) is 4.50. The Hall–Kier alpha value is -0.990. The maximum Gasteiger partial charge on any atom is 0.125 e. The van der Waals surface area contributed by atoms with Crippen LogP contribution < -0.4 is 4.74 Å². The van der Waals surface area contributed by atoms with E-state index in [0.717, 1.165) is 5.56 Å². The first kappa shape index (κ1) is 11.1. The van der Waals surface area contributed by atoms with Crippen LogP contribution in [0.5, 0.6) is 5.75 Å². The van der Waals surface area contributed by atoms with Crippen molar-refractivity contribution in [2.75, 3.05) is 6.61 Å². The van der Waals surface area contributed by atoms with Gasteiger partial charge in [0.05, 0.1) is 6.10 Å². The molecule has 0 aliphatic heterocycles. The fourth-order valence-corrected chi connectivity index (χ4v) is 1.20. The van der Waals surface area contributed by atoms with Crippen molar-refractivity contribution in [3.8, 4) is 5.75 Å². The number of aliphatic hydroxyl groups is 1. The highest BCUT2D eigenvalue weighted by Gasteiger charge is 2.06. The third-order valence-corrected chi connectivity index (χ3v) is 1.97. The molecule has 2 nitrogen and oxygen atoms in total. The fraction of sp³-hybridized carbons (Fsp3) is 0.273. The Bertz CT molecular complexity index is 308. The topological polar surface area (TPSA) is 29.5 Å². The first-order valence-electron chi connectivity index (χ1n) is 4.40. The second-order valence-corrected chi connectivity index (χ2v) is 3.14. The summed E-state index contributed by atoms with van der Waals surface area (Å²) in [6, 6.07) is 7.40. The molecule has 1 atom stereocenters. The summed E-state index contributed by atoms with van der Waals surface area (Å²) in [6.45, 7) is 2.12. The average molecular weight is 213 g/mol. The predicted molar refractivity (Wildman–Crippen MR) is 57.6 cm³/mol. The molecule has 76 valence electrons. The number of benzene rings is 1. The summed E-state index contributed by atoms with van der Waals surface area (Å²) in [5.41, 5.74) is 2.20. The van der Waals surface area contributed by atoms with Crippen LogP contribution in [-0.4, -0.2) is 11.7 Å². The minimum Gasteiger partial charge on any atom is -0.489 e. The van der Waals surface area contributed by atoms with Crippen LogP contribution in [0.3, 0.4) is 0 Å². The molecule has 3 heteroatoms. The Morgan fingerprint density at radius 3 is 2.86 bits per heavy atom. The van der Waals surface area contributed by atoms with Gasteiger partial charge in [-0.3, -0.25) is 0 Å². The second kappa shape index (κ2) is 5.68. The van der Waals surface area contributed by atoms with Crippen LogP contribution in [0.1, 0.15) is 18.6 Å². The van der Waals surface area contributed by atoms with Gasteiger partial charge in [-0.1, -0.05) is 29.8 Å². The van der Waals surface area contributed by atoms with Crippen LogP contribution in [0.15, 0.2) is 35.9 Å². The number of aliphatic hydroxyl groups excluding tert-OH is 1. The number of halogens is 1. The molecule has 1 unspecified atom stereocenters. The average Bonchev–Trinajstić information content (AvgIpc) is 2.19. The summed E-state index contributed by atoms with van der Waals surface area (Å²) in [4.78, 5) is 0. The molecule has 0 aliphatic rings. The van der Waals surface area contributed by atoms with Crippen molar-refractivity contribution in [2.24, 2.45) is 0 Å². The van der Waals surface area contributed by atoms with Crippen molar-refractivity contribution in [2.45, 2.75) is 13.0 Å². The number of rotatable bonds is 4. The van der Waals surface area contributed by atoms with Gasteiger partial charge in [-0.25, -0.2) is 0 Å². The minimum absolute atomic E-state index is 0.410. The molecular formula is C11H13ClO2. The van der Waals surface area contributed by atoms with Gasteiger partial charge in [0.25, 0.3) is 0 Å². The van der Waals surface area contributed by atoms with Crippen molar-refractivity contribution < 1.29 is 9.84 Å². The molecule has 0 bridgehead atoms. The van der Waals surface area contributed by atoms with Crippen LogP contribution >= 0.6 is 11.6 Å².